The first-order valence-electron chi connectivity index (χ1n) is 8.26. The molecule has 4 rings (SSSR count). The smallest absolute Gasteiger partial charge is 0.253 e. The molecule has 1 saturated heterocycles. The summed E-state index contributed by atoms with van der Waals surface area (Å²) in [5.74, 6) is 1.26. The molecule has 2 N–H and O–H groups in total. The van der Waals surface area contributed by atoms with Gasteiger partial charge >= 0.3 is 0 Å². The predicted molar refractivity (Wildman–Crippen MR) is 95.9 cm³/mol. The lowest BCUT2D eigenvalue weighted by atomic mass is 9.78. The Morgan fingerprint density at radius 3 is 2.61 bits per heavy atom. The molecule has 2 fully saturated rings. The van der Waals surface area contributed by atoms with Crippen LogP contribution in [0.25, 0.3) is 10.8 Å². The molecular weight excluding hydrogens is 308 g/mol. The molecule has 1 aliphatic carbocycles. The second-order valence-corrected chi connectivity index (χ2v) is 6.79. The fourth-order valence-corrected chi connectivity index (χ4v) is 4.19. The van der Waals surface area contributed by atoms with Gasteiger partial charge in [0.05, 0.1) is 0 Å². The quantitative estimate of drug-likeness (QED) is 0.870. The summed E-state index contributed by atoms with van der Waals surface area (Å²) in [5.41, 5.74) is 7.05. The molecule has 0 spiro atoms. The lowest BCUT2D eigenvalue weighted by molar-refractivity contribution is 0.0783. The van der Waals surface area contributed by atoms with Crippen LogP contribution in [0, 0.1) is 11.8 Å². The van der Waals surface area contributed by atoms with Gasteiger partial charge in [-0.15, -0.1) is 12.4 Å². The topological polar surface area (TPSA) is 46.3 Å². The van der Waals surface area contributed by atoms with E-state index in [1.165, 1.54) is 18.2 Å². The van der Waals surface area contributed by atoms with E-state index >= 15 is 0 Å². The number of hydrogen-bond acceptors (Lipinski definition) is 2. The van der Waals surface area contributed by atoms with Crippen LogP contribution in [0.5, 0.6) is 0 Å². The summed E-state index contributed by atoms with van der Waals surface area (Å²) >= 11 is 0. The van der Waals surface area contributed by atoms with E-state index in [9.17, 15) is 4.79 Å². The van der Waals surface area contributed by atoms with Crippen molar-refractivity contribution in [2.75, 3.05) is 13.1 Å². The number of carbonyl (C=O) groups is 1. The Balaban J connectivity index is 0.00000156. The van der Waals surface area contributed by atoms with Crippen LogP contribution in [0.1, 0.15) is 29.6 Å². The average molecular weight is 331 g/mol. The van der Waals surface area contributed by atoms with E-state index < -0.39 is 0 Å². The van der Waals surface area contributed by atoms with Gasteiger partial charge in [0.25, 0.3) is 5.91 Å². The van der Waals surface area contributed by atoms with Gasteiger partial charge in [0.1, 0.15) is 0 Å². The summed E-state index contributed by atoms with van der Waals surface area (Å²) in [7, 11) is 0. The number of nitrogens with two attached hydrogens (primary N) is 1. The molecule has 0 radical (unpaired) electrons. The first-order valence-corrected chi connectivity index (χ1v) is 8.26. The van der Waals surface area contributed by atoms with E-state index in [0.717, 1.165) is 30.5 Å². The zero-order valence-electron chi connectivity index (χ0n) is 13.2. The standard InChI is InChI=1S/C19H22N2O.ClH/c20-18-7-3-6-16-11-21(12-17(16)18)19(22)15-9-8-13-4-1-2-5-14(13)10-15;/h1-2,4-5,8-10,16-18H,3,6-7,11-12,20H2;1H. The maximum absolute atomic E-state index is 12.8. The van der Waals surface area contributed by atoms with E-state index in [2.05, 4.69) is 12.1 Å². The van der Waals surface area contributed by atoms with Crippen molar-refractivity contribution < 1.29 is 4.79 Å². The monoisotopic (exact) mass is 330 g/mol. The van der Waals surface area contributed by atoms with Gasteiger partial charge in [-0.3, -0.25) is 4.79 Å². The molecule has 23 heavy (non-hydrogen) atoms. The van der Waals surface area contributed by atoms with Crippen molar-refractivity contribution in [2.45, 2.75) is 25.3 Å². The molecule has 0 aromatic heterocycles. The maximum atomic E-state index is 12.8. The molecule has 1 saturated carbocycles. The number of likely N-dealkylation sites (tertiary alicyclic amines) is 1. The third-order valence-electron chi connectivity index (χ3n) is 5.44. The number of rotatable bonds is 1. The lowest BCUT2D eigenvalue weighted by Gasteiger charge is -2.29. The van der Waals surface area contributed by atoms with Crippen molar-refractivity contribution in [1.29, 1.82) is 0 Å². The fourth-order valence-electron chi connectivity index (χ4n) is 4.19. The third-order valence-corrected chi connectivity index (χ3v) is 5.44. The number of carbonyl (C=O) groups excluding carboxylic acids is 1. The number of fused-ring (bicyclic) bond motifs is 2. The highest BCUT2D eigenvalue weighted by atomic mass is 35.5. The first-order chi connectivity index (χ1) is 10.7. The molecule has 3 nitrogen and oxygen atoms in total. The van der Waals surface area contributed by atoms with Gasteiger partial charge in [-0.1, -0.05) is 36.8 Å². The Morgan fingerprint density at radius 1 is 1.04 bits per heavy atom. The fraction of sp³-hybridized carbons (Fsp3) is 0.421. The van der Waals surface area contributed by atoms with Gasteiger partial charge in [-0.05, 0) is 47.6 Å². The molecule has 122 valence electrons. The molecule has 2 aliphatic rings. The Labute approximate surface area is 143 Å². The van der Waals surface area contributed by atoms with Crippen molar-refractivity contribution in [3.8, 4) is 0 Å². The van der Waals surface area contributed by atoms with Gasteiger partial charge in [0, 0.05) is 24.7 Å². The van der Waals surface area contributed by atoms with Gasteiger partial charge in [-0.2, -0.15) is 0 Å². The Bertz CT molecular complexity index is 717. The number of nitrogens with zero attached hydrogens (tertiary/aromatic N) is 1. The van der Waals surface area contributed by atoms with Gasteiger partial charge in [0.15, 0.2) is 0 Å². The van der Waals surface area contributed by atoms with Crippen LogP contribution in [0.15, 0.2) is 42.5 Å². The Morgan fingerprint density at radius 2 is 1.83 bits per heavy atom. The molecule has 1 aliphatic heterocycles. The van der Waals surface area contributed by atoms with Crippen LogP contribution < -0.4 is 5.73 Å². The van der Waals surface area contributed by atoms with Gasteiger partial charge < -0.3 is 10.6 Å². The minimum absolute atomic E-state index is 0. The van der Waals surface area contributed by atoms with E-state index in [1.807, 2.05) is 35.2 Å². The average Bonchev–Trinajstić information content (AvgIpc) is 2.99. The Hall–Kier alpha value is -1.58. The van der Waals surface area contributed by atoms with Crippen LogP contribution >= 0.6 is 12.4 Å². The number of amides is 1. The van der Waals surface area contributed by atoms with Gasteiger partial charge in [0.2, 0.25) is 0 Å². The highest BCUT2D eigenvalue weighted by Crippen LogP contribution is 2.36. The van der Waals surface area contributed by atoms with E-state index in [4.69, 9.17) is 5.73 Å². The van der Waals surface area contributed by atoms with Crippen LogP contribution in [0.4, 0.5) is 0 Å². The minimum atomic E-state index is 0. The first kappa shape index (κ1) is 16.3. The molecule has 1 amide bonds. The summed E-state index contributed by atoms with van der Waals surface area (Å²) < 4.78 is 0. The van der Waals surface area contributed by atoms with Crippen molar-refractivity contribution in [3.63, 3.8) is 0 Å². The molecule has 2 aromatic carbocycles. The highest BCUT2D eigenvalue weighted by molar-refractivity contribution is 5.98. The second-order valence-electron chi connectivity index (χ2n) is 6.79. The molecule has 0 bridgehead atoms. The van der Waals surface area contributed by atoms with Crippen molar-refractivity contribution in [2.24, 2.45) is 17.6 Å². The largest absolute Gasteiger partial charge is 0.338 e. The van der Waals surface area contributed by atoms with Crippen LogP contribution in [-0.2, 0) is 0 Å². The van der Waals surface area contributed by atoms with Crippen LogP contribution in [-0.4, -0.2) is 29.9 Å². The van der Waals surface area contributed by atoms with Crippen molar-refractivity contribution in [1.82, 2.24) is 4.90 Å². The second kappa shape index (κ2) is 6.50. The minimum Gasteiger partial charge on any atom is -0.338 e. The molecule has 1 heterocycles. The van der Waals surface area contributed by atoms with Gasteiger partial charge in [-0.25, -0.2) is 0 Å². The predicted octanol–water partition coefficient (Wildman–Crippen LogP) is 3.46. The molecular formula is C19H23ClN2O. The molecule has 4 heteroatoms. The zero-order valence-corrected chi connectivity index (χ0v) is 14.0. The maximum Gasteiger partial charge on any atom is 0.253 e. The van der Waals surface area contributed by atoms with Crippen LogP contribution in [0.2, 0.25) is 0 Å². The van der Waals surface area contributed by atoms with Crippen molar-refractivity contribution >= 4 is 29.1 Å². The SMILES string of the molecule is Cl.NC1CCCC2CN(C(=O)c3ccc4ccccc4c3)CC12. The number of hydrogen-bond donors (Lipinski definition) is 1. The lowest BCUT2D eigenvalue weighted by Crippen LogP contribution is -2.38. The molecule has 3 unspecified atom stereocenters. The van der Waals surface area contributed by atoms with E-state index in [-0.39, 0.29) is 24.4 Å². The third kappa shape index (κ3) is 2.96. The molecule has 2 aromatic rings. The van der Waals surface area contributed by atoms with E-state index in [1.54, 1.807) is 0 Å². The van der Waals surface area contributed by atoms with Crippen LogP contribution in [0.3, 0.4) is 0 Å². The number of halogens is 1. The molecule has 3 atom stereocenters. The van der Waals surface area contributed by atoms with Crippen molar-refractivity contribution in [3.05, 3.63) is 48.0 Å². The highest BCUT2D eigenvalue weighted by Gasteiger charge is 2.40. The zero-order chi connectivity index (χ0) is 15.1. The summed E-state index contributed by atoms with van der Waals surface area (Å²) in [4.78, 5) is 14.8. The summed E-state index contributed by atoms with van der Waals surface area (Å²) in [6, 6.07) is 14.5. The summed E-state index contributed by atoms with van der Waals surface area (Å²) in [6.07, 6.45) is 3.54. The van der Waals surface area contributed by atoms with E-state index in [0.29, 0.717) is 11.8 Å². The number of benzene rings is 2. The summed E-state index contributed by atoms with van der Waals surface area (Å²) in [6.45, 7) is 1.71. The Kier molecular flexibility index (Phi) is 4.60. The summed E-state index contributed by atoms with van der Waals surface area (Å²) in [5, 5.41) is 2.30. The normalized spacial score (nSPS) is 26.7.